The van der Waals surface area contributed by atoms with Gasteiger partial charge in [-0.1, -0.05) is 18.2 Å². The summed E-state index contributed by atoms with van der Waals surface area (Å²) in [5.74, 6) is 2.01. The molecule has 10 nitrogen and oxygen atoms in total. The molecule has 0 fully saturated rings. The number of fused-ring (bicyclic) bond motifs is 3. The van der Waals surface area contributed by atoms with Crippen LogP contribution in [0.2, 0.25) is 0 Å². The van der Waals surface area contributed by atoms with Crippen LogP contribution in [0.1, 0.15) is 39.8 Å². The molecule has 1 atom stereocenters. The van der Waals surface area contributed by atoms with Gasteiger partial charge in [-0.15, -0.1) is 10.2 Å². The van der Waals surface area contributed by atoms with E-state index in [1.54, 1.807) is 40.1 Å². The van der Waals surface area contributed by atoms with E-state index in [0.717, 1.165) is 16.7 Å². The van der Waals surface area contributed by atoms with E-state index < -0.39 is 0 Å². The second kappa shape index (κ2) is 10.1. The van der Waals surface area contributed by atoms with Crippen molar-refractivity contribution in [2.45, 2.75) is 25.4 Å². The van der Waals surface area contributed by atoms with Crippen molar-refractivity contribution < 1.29 is 28.5 Å². The van der Waals surface area contributed by atoms with Gasteiger partial charge in [0.05, 0.1) is 52.0 Å². The maximum Gasteiger partial charge on any atom is 0.203 e. The molecule has 10 heteroatoms. The van der Waals surface area contributed by atoms with Gasteiger partial charge in [-0.3, -0.25) is 4.79 Å². The number of ether oxygens (including phenoxy) is 5. The zero-order valence-electron chi connectivity index (χ0n) is 21.4. The summed E-state index contributed by atoms with van der Waals surface area (Å²) in [5, 5.41) is 13.6. The highest BCUT2D eigenvalue weighted by Crippen LogP contribution is 2.43. The maximum absolute atomic E-state index is 13.3. The average molecular weight is 505 g/mol. The number of hydrogen-bond donors (Lipinski definition) is 0. The third-order valence-electron chi connectivity index (χ3n) is 6.66. The van der Waals surface area contributed by atoms with Crippen molar-refractivity contribution in [3.63, 3.8) is 0 Å². The van der Waals surface area contributed by atoms with Crippen molar-refractivity contribution in [2.75, 3.05) is 35.5 Å². The smallest absolute Gasteiger partial charge is 0.203 e. The highest BCUT2D eigenvalue weighted by atomic mass is 16.5. The molecule has 0 bridgehead atoms. The fourth-order valence-corrected chi connectivity index (χ4v) is 4.95. The van der Waals surface area contributed by atoms with Gasteiger partial charge in [0.2, 0.25) is 5.75 Å². The van der Waals surface area contributed by atoms with Gasteiger partial charge in [-0.25, -0.2) is 4.52 Å². The summed E-state index contributed by atoms with van der Waals surface area (Å²) < 4.78 is 29.3. The van der Waals surface area contributed by atoms with Crippen LogP contribution in [0, 0.1) is 0 Å². The number of rotatable bonds is 8. The Morgan fingerprint density at radius 3 is 2.24 bits per heavy atom. The lowest BCUT2D eigenvalue weighted by Gasteiger charge is -2.24. The molecule has 1 aliphatic carbocycles. The predicted octanol–water partition coefficient (Wildman–Crippen LogP) is 3.88. The summed E-state index contributed by atoms with van der Waals surface area (Å²) in [5.41, 5.74) is 4.72. The molecule has 5 rings (SSSR count). The fourth-order valence-electron chi connectivity index (χ4n) is 4.95. The molecule has 0 radical (unpaired) electrons. The van der Waals surface area contributed by atoms with Crippen LogP contribution >= 0.6 is 0 Å². The summed E-state index contributed by atoms with van der Waals surface area (Å²) >= 11 is 0. The Kier molecular flexibility index (Phi) is 6.66. The topological polar surface area (TPSA) is 106 Å². The van der Waals surface area contributed by atoms with E-state index in [1.807, 2.05) is 36.4 Å². The Bertz CT molecular complexity index is 1460. The van der Waals surface area contributed by atoms with E-state index in [2.05, 4.69) is 10.2 Å². The summed E-state index contributed by atoms with van der Waals surface area (Å²) in [7, 11) is 7.93. The van der Waals surface area contributed by atoms with E-state index in [-0.39, 0.29) is 24.7 Å². The Morgan fingerprint density at radius 1 is 0.892 bits per heavy atom. The molecule has 0 unspecified atom stereocenters. The summed E-state index contributed by atoms with van der Waals surface area (Å²) in [6, 6.07) is 11.4. The van der Waals surface area contributed by atoms with Crippen LogP contribution in [0.15, 0.2) is 36.4 Å². The van der Waals surface area contributed by atoms with Crippen LogP contribution in [-0.4, -0.2) is 61.1 Å². The molecule has 0 saturated heterocycles. The molecule has 0 amide bonds. The quantitative estimate of drug-likeness (QED) is 0.353. The van der Waals surface area contributed by atoms with Crippen molar-refractivity contribution >= 4 is 11.4 Å². The van der Waals surface area contributed by atoms with Crippen LogP contribution < -0.4 is 18.9 Å². The SMILES string of the molecule is COCc1nn2c3c(nnc2c1-c1ccccc1OC)C(=O)C[C@H](c1cc(OC)c(OC)c(OC)c1)C3. The van der Waals surface area contributed by atoms with Crippen LogP contribution in [0.5, 0.6) is 23.0 Å². The van der Waals surface area contributed by atoms with E-state index in [0.29, 0.717) is 52.1 Å². The molecular formula is C27H28N4O6. The minimum atomic E-state index is -0.147. The molecule has 2 aromatic carbocycles. The van der Waals surface area contributed by atoms with Gasteiger partial charge in [0.1, 0.15) is 5.75 Å². The zero-order chi connectivity index (χ0) is 26.1. The Labute approximate surface area is 214 Å². The predicted molar refractivity (Wildman–Crippen MR) is 135 cm³/mol. The molecule has 2 heterocycles. The molecule has 0 saturated carbocycles. The second-order valence-corrected chi connectivity index (χ2v) is 8.67. The first kappa shape index (κ1) is 24.5. The van der Waals surface area contributed by atoms with Gasteiger partial charge in [0.15, 0.2) is 28.6 Å². The second-order valence-electron chi connectivity index (χ2n) is 8.67. The molecule has 192 valence electrons. The van der Waals surface area contributed by atoms with Crippen molar-refractivity contribution in [1.82, 2.24) is 19.8 Å². The van der Waals surface area contributed by atoms with Gasteiger partial charge in [0.25, 0.3) is 0 Å². The van der Waals surface area contributed by atoms with Gasteiger partial charge in [0, 0.05) is 19.1 Å². The van der Waals surface area contributed by atoms with Crippen LogP contribution in [-0.2, 0) is 17.8 Å². The number of carbonyl (C=O) groups is 1. The number of para-hydroxylation sites is 1. The van der Waals surface area contributed by atoms with Crippen molar-refractivity contribution in [3.8, 4) is 34.1 Å². The van der Waals surface area contributed by atoms with E-state index in [1.165, 1.54) is 0 Å². The first-order valence-corrected chi connectivity index (χ1v) is 11.8. The Balaban J connectivity index is 1.67. The lowest BCUT2D eigenvalue weighted by Crippen LogP contribution is -2.24. The minimum absolute atomic E-state index is 0.1000. The standard InChI is InChI=1S/C27H28N4O6/c1-33-14-18-24(17-8-6-7-9-21(17)34-2)27-29-28-25-19(31(27)30-18)10-15(11-20(25)32)16-12-22(35-3)26(37-5)23(13-16)36-4/h6-9,12-13,15H,10-11,14H2,1-5H3/t15-/m1/s1. The number of Topliss-reactive ketones (excluding diaryl/α,β-unsaturated/α-hetero) is 1. The molecule has 37 heavy (non-hydrogen) atoms. The van der Waals surface area contributed by atoms with Crippen molar-refractivity contribution in [3.05, 3.63) is 59.0 Å². The van der Waals surface area contributed by atoms with Crippen LogP contribution in [0.3, 0.4) is 0 Å². The van der Waals surface area contributed by atoms with Gasteiger partial charge in [-0.2, -0.15) is 5.10 Å². The van der Waals surface area contributed by atoms with E-state index in [9.17, 15) is 4.79 Å². The number of aromatic nitrogens is 4. The van der Waals surface area contributed by atoms with E-state index >= 15 is 0 Å². The van der Waals surface area contributed by atoms with Gasteiger partial charge >= 0.3 is 0 Å². The Morgan fingerprint density at radius 2 is 1.59 bits per heavy atom. The van der Waals surface area contributed by atoms with Crippen LogP contribution in [0.25, 0.3) is 16.8 Å². The maximum atomic E-state index is 13.3. The molecule has 2 aromatic heterocycles. The third-order valence-corrected chi connectivity index (χ3v) is 6.66. The first-order chi connectivity index (χ1) is 18.0. The fraction of sp³-hybridized carbons (Fsp3) is 0.333. The zero-order valence-corrected chi connectivity index (χ0v) is 21.4. The molecule has 0 N–H and O–H groups in total. The largest absolute Gasteiger partial charge is 0.496 e. The Hall–Kier alpha value is -4.18. The normalized spacial score (nSPS) is 14.9. The number of ketones is 1. The third kappa shape index (κ3) is 4.13. The molecule has 0 aliphatic heterocycles. The van der Waals surface area contributed by atoms with Crippen molar-refractivity contribution in [2.24, 2.45) is 0 Å². The number of methoxy groups -OCH3 is 5. The summed E-state index contributed by atoms with van der Waals surface area (Å²) in [6.45, 7) is 0.260. The number of hydrogen-bond acceptors (Lipinski definition) is 9. The molecule has 1 aliphatic rings. The lowest BCUT2D eigenvalue weighted by molar-refractivity contribution is 0.0955. The molecule has 0 spiro atoms. The minimum Gasteiger partial charge on any atom is -0.496 e. The average Bonchev–Trinajstić information content (AvgIpc) is 3.30. The van der Waals surface area contributed by atoms with Gasteiger partial charge < -0.3 is 23.7 Å². The number of nitrogens with zero attached hydrogens (tertiary/aromatic N) is 4. The monoisotopic (exact) mass is 504 g/mol. The summed E-state index contributed by atoms with van der Waals surface area (Å²) in [4.78, 5) is 13.3. The van der Waals surface area contributed by atoms with E-state index in [4.69, 9.17) is 28.8 Å². The molecular weight excluding hydrogens is 476 g/mol. The highest BCUT2D eigenvalue weighted by Gasteiger charge is 2.33. The van der Waals surface area contributed by atoms with Crippen molar-refractivity contribution in [1.29, 1.82) is 0 Å². The number of carbonyl (C=O) groups excluding carboxylic acids is 1. The molecule has 4 aromatic rings. The summed E-state index contributed by atoms with van der Waals surface area (Å²) in [6.07, 6.45) is 0.794. The lowest BCUT2D eigenvalue weighted by atomic mass is 9.83. The van der Waals surface area contributed by atoms with Gasteiger partial charge in [-0.05, 0) is 36.1 Å². The highest BCUT2D eigenvalue weighted by molar-refractivity contribution is 5.97. The van der Waals surface area contributed by atoms with Crippen LogP contribution in [0.4, 0.5) is 0 Å². The first-order valence-electron chi connectivity index (χ1n) is 11.8. The number of benzene rings is 2.